The third-order valence-corrected chi connectivity index (χ3v) is 3.62. The Labute approximate surface area is 133 Å². The molecule has 0 aliphatic rings. The highest BCUT2D eigenvalue weighted by Crippen LogP contribution is 2.18. The topological polar surface area (TPSA) is 154 Å². The van der Waals surface area contributed by atoms with Gasteiger partial charge in [0.1, 0.15) is 0 Å². The van der Waals surface area contributed by atoms with Crippen LogP contribution in [0.25, 0.3) is 11.2 Å². The molecular weight excluding hydrogens is 318 g/mol. The third kappa shape index (κ3) is 2.42. The van der Waals surface area contributed by atoms with E-state index >= 15 is 0 Å². The van der Waals surface area contributed by atoms with Crippen LogP contribution in [0.3, 0.4) is 0 Å². The first-order valence-electron chi connectivity index (χ1n) is 6.82. The summed E-state index contributed by atoms with van der Waals surface area (Å²) in [7, 11) is 1.48. The molecule has 11 heteroatoms. The quantitative estimate of drug-likeness (QED) is 0.336. The monoisotopic (exact) mass is 331 g/mol. The van der Waals surface area contributed by atoms with Gasteiger partial charge >= 0.3 is 5.69 Å². The number of anilines is 1. The van der Waals surface area contributed by atoms with Crippen molar-refractivity contribution in [2.75, 3.05) is 5.43 Å². The van der Waals surface area contributed by atoms with Gasteiger partial charge in [-0.3, -0.25) is 34.5 Å². The molecule has 0 unspecified atom stereocenters. The van der Waals surface area contributed by atoms with Gasteiger partial charge in [0.25, 0.3) is 11.2 Å². The van der Waals surface area contributed by atoms with Crippen LogP contribution in [-0.4, -0.2) is 24.0 Å². The molecule has 4 N–H and O–H groups in total. The van der Waals surface area contributed by atoms with Crippen molar-refractivity contribution in [3.8, 4) is 0 Å². The summed E-state index contributed by atoms with van der Waals surface area (Å²) in [6.45, 7) is 0.190. The molecule has 2 heterocycles. The minimum absolute atomic E-state index is 0.0355. The van der Waals surface area contributed by atoms with Gasteiger partial charge in [0.15, 0.2) is 11.2 Å². The highest BCUT2D eigenvalue weighted by molar-refractivity contribution is 5.74. The van der Waals surface area contributed by atoms with E-state index in [0.29, 0.717) is 5.56 Å². The van der Waals surface area contributed by atoms with Crippen molar-refractivity contribution in [3.63, 3.8) is 0 Å². The van der Waals surface area contributed by atoms with Gasteiger partial charge in [0.05, 0.1) is 11.5 Å². The molecule has 0 aliphatic carbocycles. The van der Waals surface area contributed by atoms with Crippen LogP contribution in [-0.2, 0) is 13.6 Å². The molecule has 0 spiro atoms. The standard InChI is InChI=1S/C13H13N7O4/c1-18-10-9(11(21)16-13(18)22)19(12(15-10)17-14)6-7-2-4-8(5-3-7)20(23)24/h2-5H,6,14H2,1H3,(H,15,17)(H,16,21,22). The molecule has 0 radical (unpaired) electrons. The Hall–Kier alpha value is -3.47. The first-order chi connectivity index (χ1) is 11.4. The minimum Gasteiger partial charge on any atom is -0.299 e. The smallest absolute Gasteiger partial charge is 0.299 e. The van der Waals surface area contributed by atoms with Crippen molar-refractivity contribution in [3.05, 3.63) is 60.8 Å². The van der Waals surface area contributed by atoms with Crippen LogP contribution in [0.15, 0.2) is 33.9 Å². The Morgan fingerprint density at radius 3 is 2.58 bits per heavy atom. The number of hydrogen-bond donors (Lipinski definition) is 3. The summed E-state index contributed by atoms with van der Waals surface area (Å²) in [5, 5.41) is 10.7. The van der Waals surface area contributed by atoms with Crippen molar-refractivity contribution in [2.24, 2.45) is 12.9 Å². The molecule has 124 valence electrons. The number of fused-ring (bicyclic) bond motifs is 1. The summed E-state index contributed by atoms with van der Waals surface area (Å²) in [4.78, 5) is 40.4. The average Bonchev–Trinajstić information content (AvgIpc) is 2.92. The number of non-ortho nitro benzene ring substituents is 1. The van der Waals surface area contributed by atoms with Crippen LogP contribution in [0.1, 0.15) is 5.56 Å². The molecule has 1 aromatic carbocycles. The predicted octanol–water partition coefficient (Wildman–Crippen LogP) is -0.335. The Morgan fingerprint density at radius 2 is 2.00 bits per heavy atom. The number of nitrogens with one attached hydrogen (secondary N) is 2. The van der Waals surface area contributed by atoms with Gasteiger partial charge < -0.3 is 0 Å². The van der Waals surface area contributed by atoms with Gasteiger partial charge in [-0.2, -0.15) is 4.98 Å². The number of nitro groups is 1. The van der Waals surface area contributed by atoms with Gasteiger partial charge in [-0.15, -0.1) is 0 Å². The van der Waals surface area contributed by atoms with E-state index in [9.17, 15) is 19.7 Å². The van der Waals surface area contributed by atoms with Gasteiger partial charge in [-0.25, -0.2) is 10.6 Å². The molecule has 0 saturated carbocycles. The predicted molar refractivity (Wildman–Crippen MR) is 85.6 cm³/mol. The number of hydrazine groups is 1. The maximum atomic E-state index is 12.1. The zero-order valence-electron chi connectivity index (χ0n) is 12.5. The summed E-state index contributed by atoms with van der Waals surface area (Å²) in [6, 6.07) is 5.87. The number of H-pyrrole nitrogens is 1. The molecule has 3 rings (SSSR count). The summed E-state index contributed by atoms with van der Waals surface area (Å²) >= 11 is 0. The van der Waals surface area contributed by atoms with Crippen LogP contribution in [0, 0.1) is 10.1 Å². The number of aromatic amines is 1. The largest absolute Gasteiger partial charge is 0.329 e. The number of imidazole rings is 1. The molecule has 3 aromatic rings. The fourth-order valence-corrected chi connectivity index (χ4v) is 2.40. The minimum atomic E-state index is -0.594. The number of hydrogen-bond acceptors (Lipinski definition) is 7. The molecule has 0 fully saturated rings. The number of aryl methyl sites for hydroxylation is 1. The number of aromatic nitrogens is 4. The molecule has 0 bridgehead atoms. The number of nitro benzene ring substituents is 1. The second kappa shape index (κ2) is 5.62. The lowest BCUT2D eigenvalue weighted by molar-refractivity contribution is -0.384. The van der Waals surface area contributed by atoms with Crippen molar-refractivity contribution in [1.82, 2.24) is 19.1 Å². The lowest BCUT2D eigenvalue weighted by Gasteiger charge is -2.08. The van der Waals surface area contributed by atoms with Crippen LogP contribution in [0.5, 0.6) is 0 Å². The van der Waals surface area contributed by atoms with E-state index in [2.05, 4.69) is 15.4 Å². The number of benzene rings is 1. The van der Waals surface area contributed by atoms with Gasteiger partial charge in [-0.05, 0) is 5.56 Å². The summed E-state index contributed by atoms with van der Waals surface area (Å²) in [6.07, 6.45) is 0. The zero-order valence-corrected chi connectivity index (χ0v) is 12.5. The molecular formula is C13H13N7O4. The normalized spacial score (nSPS) is 10.9. The molecule has 0 atom stereocenters. The average molecular weight is 331 g/mol. The number of rotatable bonds is 4. The molecule has 2 aromatic heterocycles. The number of nitrogens with two attached hydrogens (primary N) is 1. The SMILES string of the molecule is Cn1c(=O)[nH]c(=O)c2c1nc(NN)n2Cc1ccc([N+](=O)[O-])cc1. The summed E-state index contributed by atoms with van der Waals surface area (Å²) < 4.78 is 2.69. The first-order valence-corrected chi connectivity index (χ1v) is 6.82. The highest BCUT2D eigenvalue weighted by atomic mass is 16.6. The van der Waals surface area contributed by atoms with Crippen molar-refractivity contribution < 1.29 is 4.92 Å². The van der Waals surface area contributed by atoms with Gasteiger partial charge in [0.2, 0.25) is 5.95 Å². The Bertz CT molecular complexity index is 1050. The fraction of sp³-hybridized carbons (Fsp3) is 0.154. The second-order valence-electron chi connectivity index (χ2n) is 5.08. The van der Waals surface area contributed by atoms with Gasteiger partial charge in [-0.1, -0.05) is 12.1 Å². The maximum Gasteiger partial charge on any atom is 0.329 e. The van der Waals surface area contributed by atoms with E-state index in [-0.39, 0.29) is 29.3 Å². The lowest BCUT2D eigenvalue weighted by Crippen LogP contribution is -2.29. The van der Waals surface area contributed by atoms with Gasteiger partial charge in [0, 0.05) is 19.2 Å². The molecule has 0 aliphatic heterocycles. The summed E-state index contributed by atoms with van der Waals surface area (Å²) in [5.41, 5.74) is 2.22. The Morgan fingerprint density at radius 1 is 1.33 bits per heavy atom. The van der Waals surface area contributed by atoms with Crippen molar-refractivity contribution in [2.45, 2.75) is 6.54 Å². The van der Waals surface area contributed by atoms with E-state index in [0.717, 1.165) is 0 Å². The van der Waals surface area contributed by atoms with E-state index < -0.39 is 16.2 Å². The fourth-order valence-electron chi connectivity index (χ4n) is 2.40. The second-order valence-corrected chi connectivity index (χ2v) is 5.08. The highest BCUT2D eigenvalue weighted by Gasteiger charge is 2.17. The van der Waals surface area contributed by atoms with Crippen LogP contribution >= 0.6 is 0 Å². The Balaban J connectivity index is 2.15. The molecule has 24 heavy (non-hydrogen) atoms. The maximum absolute atomic E-state index is 12.1. The van der Waals surface area contributed by atoms with Crippen LogP contribution < -0.4 is 22.5 Å². The van der Waals surface area contributed by atoms with Crippen molar-refractivity contribution in [1.29, 1.82) is 0 Å². The molecule has 11 nitrogen and oxygen atoms in total. The third-order valence-electron chi connectivity index (χ3n) is 3.62. The Kier molecular flexibility index (Phi) is 3.62. The van der Waals surface area contributed by atoms with E-state index in [4.69, 9.17) is 5.84 Å². The lowest BCUT2D eigenvalue weighted by atomic mass is 10.2. The van der Waals surface area contributed by atoms with Crippen LogP contribution in [0.2, 0.25) is 0 Å². The first kappa shape index (κ1) is 15.4. The van der Waals surface area contributed by atoms with E-state index in [1.54, 1.807) is 12.1 Å². The zero-order chi connectivity index (χ0) is 17.4. The van der Waals surface area contributed by atoms with E-state index in [1.807, 2.05) is 0 Å². The number of nitrogens with zero attached hydrogens (tertiary/aromatic N) is 4. The van der Waals surface area contributed by atoms with E-state index in [1.165, 1.54) is 28.3 Å². The molecule has 0 amide bonds. The molecule has 0 saturated heterocycles. The van der Waals surface area contributed by atoms with Crippen molar-refractivity contribution >= 4 is 22.8 Å². The summed E-state index contributed by atoms with van der Waals surface area (Å²) in [5.74, 6) is 5.64. The number of nitrogen functional groups attached to an aromatic ring is 1. The van der Waals surface area contributed by atoms with Crippen LogP contribution in [0.4, 0.5) is 11.6 Å².